The maximum atomic E-state index is 12.0. The summed E-state index contributed by atoms with van der Waals surface area (Å²) in [6.45, 7) is 4.08. The van der Waals surface area contributed by atoms with Gasteiger partial charge in [-0.15, -0.1) is 5.10 Å². The van der Waals surface area contributed by atoms with Gasteiger partial charge in [0.05, 0.1) is 25.2 Å². The molecular weight excluding hydrogens is 366 g/mol. The molecule has 27 heavy (non-hydrogen) atoms. The number of methoxy groups -OCH3 is 1. The van der Waals surface area contributed by atoms with Gasteiger partial charge in [-0.3, -0.25) is 4.90 Å². The van der Waals surface area contributed by atoms with Crippen LogP contribution in [0.5, 0.6) is 5.75 Å². The first-order valence-electron chi connectivity index (χ1n) is 9.33. The fourth-order valence-corrected chi connectivity index (χ4v) is 5.10. The molecule has 0 bridgehead atoms. The van der Waals surface area contributed by atoms with Crippen LogP contribution in [-0.4, -0.2) is 58.2 Å². The van der Waals surface area contributed by atoms with E-state index in [-0.39, 0.29) is 17.5 Å². The molecule has 148 valence electrons. The van der Waals surface area contributed by atoms with Crippen LogP contribution in [0.15, 0.2) is 24.3 Å². The van der Waals surface area contributed by atoms with E-state index in [9.17, 15) is 8.42 Å². The predicted octanol–water partition coefficient (Wildman–Crippen LogP) is 1.67. The van der Waals surface area contributed by atoms with Crippen LogP contribution in [0, 0.1) is 0 Å². The van der Waals surface area contributed by atoms with Gasteiger partial charge in [-0.2, -0.15) is 0 Å². The molecule has 1 atom stereocenters. The van der Waals surface area contributed by atoms with E-state index in [1.54, 1.807) is 7.11 Å². The van der Waals surface area contributed by atoms with Crippen molar-refractivity contribution in [1.82, 2.24) is 25.1 Å². The Hall–Kier alpha value is -2.00. The second-order valence-corrected chi connectivity index (χ2v) is 9.21. The highest BCUT2D eigenvalue weighted by Crippen LogP contribution is 2.22. The molecule has 0 saturated carbocycles. The minimum Gasteiger partial charge on any atom is -0.497 e. The lowest BCUT2D eigenvalue weighted by Gasteiger charge is -2.27. The Morgan fingerprint density at radius 1 is 1.26 bits per heavy atom. The van der Waals surface area contributed by atoms with E-state index in [0.717, 1.165) is 36.5 Å². The quantitative estimate of drug-likeness (QED) is 0.640. The number of hydrogen-bond donors (Lipinski definition) is 0. The molecule has 1 aliphatic rings. The molecule has 1 saturated heterocycles. The van der Waals surface area contributed by atoms with Crippen LogP contribution in [0.4, 0.5) is 0 Å². The summed E-state index contributed by atoms with van der Waals surface area (Å²) in [7, 11) is -1.33. The standard InChI is InChI=1S/C18H27N5O3S/c1-3-4-10-23-18(19-20-21-23)13-22(16-9-11-27(24,25)14-16)12-15-5-7-17(26-2)8-6-15/h5-8,16H,3-4,9-14H2,1-2H3. The van der Waals surface area contributed by atoms with Crippen molar-refractivity contribution in [3.63, 3.8) is 0 Å². The van der Waals surface area contributed by atoms with Gasteiger partial charge in [-0.1, -0.05) is 25.5 Å². The first-order chi connectivity index (χ1) is 13.0. The molecule has 0 N–H and O–H groups in total. The molecule has 0 radical (unpaired) electrons. The minimum atomic E-state index is -2.97. The van der Waals surface area contributed by atoms with Crippen LogP contribution in [0.3, 0.4) is 0 Å². The molecule has 0 spiro atoms. The first-order valence-corrected chi connectivity index (χ1v) is 11.2. The van der Waals surface area contributed by atoms with Gasteiger partial charge >= 0.3 is 0 Å². The molecule has 0 amide bonds. The van der Waals surface area contributed by atoms with Gasteiger partial charge in [0.15, 0.2) is 15.7 Å². The van der Waals surface area contributed by atoms with Gasteiger partial charge in [0, 0.05) is 19.1 Å². The molecule has 8 nitrogen and oxygen atoms in total. The van der Waals surface area contributed by atoms with Gasteiger partial charge in [0.2, 0.25) is 0 Å². The molecular formula is C18H27N5O3S. The summed E-state index contributed by atoms with van der Waals surface area (Å²) in [5.41, 5.74) is 1.10. The average Bonchev–Trinajstić information content (AvgIpc) is 3.25. The van der Waals surface area contributed by atoms with Crippen molar-refractivity contribution in [3.05, 3.63) is 35.7 Å². The van der Waals surface area contributed by atoms with E-state index in [2.05, 4.69) is 27.3 Å². The molecule has 2 heterocycles. The van der Waals surface area contributed by atoms with Crippen LogP contribution in [0.1, 0.15) is 37.6 Å². The third kappa shape index (κ3) is 5.26. The van der Waals surface area contributed by atoms with Gasteiger partial charge in [0.25, 0.3) is 0 Å². The molecule has 0 aliphatic carbocycles. The third-order valence-corrected chi connectivity index (χ3v) is 6.69. The number of rotatable bonds is 9. The van der Waals surface area contributed by atoms with Crippen molar-refractivity contribution in [2.45, 2.75) is 51.9 Å². The smallest absolute Gasteiger partial charge is 0.165 e. The number of aryl methyl sites for hydroxylation is 1. The lowest BCUT2D eigenvalue weighted by molar-refractivity contribution is 0.185. The Labute approximate surface area is 160 Å². The van der Waals surface area contributed by atoms with E-state index in [1.165, 1.54) is 0 Å². The van der Waals surface area contributed by atoms with Crippen molar-refractivity contribution in [2.75, 3.05) is 18.6 Å². The fourth-order valence-electron chi connectivity index (χ4n) is 3.34. The van der Waals surface area contributed by atoms with E-state index in [4.69, 9.17) is 4.74 Å². The number of aromatic nitrogens is 4. The molecule has 1 aliphatic heterocycles. The van der Waals surface area contributed by atoms with Gasteiger partial charge in [-0.05, 0) is 41.0 Å². The molecule has 1 fully saturated rings. The summed E-state index contributed by atoms with van der Waals surface area (Å²) in [5, 5.41) is 12.1. The largest absolute Gasteiger partial charge is 0.497 e. The number of ether oxygens (including phenoxy) is 1. The summed E-state index contributed by atoms with van der Waals surface area (Å²) in [5.74, 6) is 2.02. The Morgan fingerprint density at radius 2 is 2.04 bits per heavy atom. The van der Waals surface area contributed by atoms with Crippen LogP contribution in [0.2, 0.25) is 0 Å². The van der Waals surface area contributed by atoms with Gasteiger partial charge in [0.1, 0.15) is 5.75 Å². The fraction of sp³-hybridized carbons (Fsp3) is 0.611. The van der Waals surface area contributed by atoms with Crippen LogP contribution >= 0.6 is 0 Å². The number of unbranched alkanes of at least 4 members (excludes halogenated alkanes) is 1. The summed E-state index contributed by atoms with van der Waals surface area (Å²) >= 11 is 0. The molecule has 3 rings (SSSR count). The third-order valence-electron chi connectivity index (χ3n) is 4.94. The normalized spacial score (nSPS) is 18.9. The molecule has 1 aromatic carbocycles. The van der Waals surface area contributed by atoms with Crippen LogP contribution < -0.4 is 4.74 Å². The van der Waals surface area contributed by atoms with Crippen LogP contribution in [0.25, 0.3) is 0 Å². The first kappa shape index (κ1) is 19.8. The number of tetrazole rings is 1. The lowest BCUT2D eigenvalue weighted by atomic mass is 10.1. The summed E-state index contributed by atoms with van der Waals surface area (Å²) in [6.07, 6.45) is 2.72. The van der Waals surface area contributed by atoms with Crippen molar-refractivity contribution in [1.29, 1.82) is 0 Å². The van der Waals surface area contributed by atoms with E-state index >= 15 is 0 Å². The van der Waals surface area contributed by atoms with E-state index in [0.29, 0.717) is 19.5 Å². The molecule has 2 aromatic rings. The van der Waals surface area contributed by atoms with E-state index < -0.39 is 9.84 Å². The van der Waals surface area contributed by atoms with Crippen molar-refractivity contribution in [3.8, 4) is 5.75 Å². The number of nitrogens with zero attached hydrogens (tertiary/aromatic N) is 5. The Morgan fingerprint density at radius 3 is 2.67 bits per heavy atom. The second kappa shape index (κ2) is 8.79. The highest BCUT2D eigenvalue weighted by Gasteiger charge is 2.33. The number of hydrogen-bond acceptors (Lipinski definition) is 7. The summed E-state index contributed by atoms with van der Waals surface area (Å²) in [6, 6.07) is 7.84. The highest BCUT2D eigenvalue weighted by molar-refractivity contribution is 7.91. The predicted molar refractivity (Wildman–Crippen MR) is 102 cm³/mol. The maximum Gasteiger partial charge on any atom is 0.165 e. The summed E-state index contributed by atoms with van der Waals surface area (Å²) in [4.78, 5) is 2.18. The van der Waals surface area contributed by atoms with Crippen LogP contribution in [-0.2, 0) is 29.5 Å². The Balaban J connectivity index is 1.78. The number of sulfone groups is 1. The van der Waals surface area contributed by atoms with Gasteiger partial charge < -0.3 is 4.74 Å². The number of benzene rings is 1. The zero-order chi connectivity index (χ0) is 19.3. The maximum absolute atomic E-state index is 12.0. The highest BCUT2D eigenvalue weighted by atomic mass is 32.2. The van der Waals surface area contributed by atoms with E-state index in [1.807, 2.05) is 28.9 Å². The Kier molecular flexibility index (Phi) is 6.43. The van der Waals surface area contributed by atoms with Crippen molar-refractivity contribution in [2.24, 2.45) is 0 Å². The molecule has 1 aromatic heterocycles. The topological polar surface area (TPSA) is 90.2 Å². The van der Waals surface area contributed by atoms with Gasteiger partial charge in [-0.25, -0.2) is 13.1 Å². The Bertz CT molecular complexity index is 835. The van der Waals surface area contributed by atoms with Crippen molar-refractivity contribution < 1.29 is 13.2 Å². The zero-order valence-electron chi connectivity index (χ0n) is 15.9. The molecule has 1 unspecified atom stereocenters. The second-order valence-electron chi connectivity index (χ2n) is 6.98. The summed E-state index contributed by atoms with van der Waals surface area (Å²) < 4.78 is 31.1. The average molecular weight is 394 g/mol. The SMILES string of the molecule is CCCCn1nnnc1CN(Cc1ccc(OC)cc1)C1CCS(=O)(=O)C1. The zero-order valence-corrected chi connectivity index (χ0v) is 16.7. The lowest BCUT2D eigenvalue weighted by Crippen LogP contribution is -2.36. The molecule has 9 heteroatoms. The monoisotopic (exact) mass is 393 g/mol. The van der Waals surface area contributed by atoms with Crippen molar-refractivity contribution >= 4 is 9.84 Å². The minimum absolute atomic E-state index is 0.0200.